The van der Waals surface area contributed by atoms with Gasteiger partial charge in [0.2, 0.25) is 11.8 Å². The number of amides is 2. The quantitative estimate of drug-likeness (QED) is 0.324. The molecule has 15 heteroatoms. The molecule has 2 heterocycles. The number of nitriles is 2. The summed E-state index contributed by atoms with van der Waals surface area (Å²) in [4.78, 5) is 39.9. The van der Waals surface area contributed by atoms with Crippen molar-refractivity contribution in [3.8, 4) is 12.1 Å². The van der Waals surface area contributed by atoms with E-state index in [0.29, 0.717) is 65.4 Å². The van der Waals surface area contributed by atoms with E-state index in [9.17, 15) is 33.3 Å². The van der Waals surface area contributed by atoms with Crippen LogP contribution in [0.1, 0.15) is 54.2 Å². The van der Waals surface area contributed by atoms with Crippen molar-refractivity contribution >= 4 is 35.4 Å². The Balaban J connectivity index is 0.000000782. The molecule has 0 aliphatic carbocycles. The first kappa shape index (κ1) is 33.9. The highest BCUT2D eigenvalue weighted by Crippen LogP contribution is 2.39. The van der Waals surface area contributed by atoms with Gasteiger partial charge in [-0.3, -0.25) is 9.59 Å². The van der Waals surface area contributed by atoms with E-state index in [4.69, 9.17) is 26.4 Å². The summed E-state index contributed by atoms with van der Waals surface area (Å²) in [5.74, 6) is -3.00. The summed E-state index contributed by atoms with van der Waals surface area (Å²) in [6, 6.07) is 12.9. The molecule has 11 nitrogen and oxygen atoms in total. The van der Waals surface area contributed by atoms with Gasteiger partial charge in [0.15, 0.2) is 0 Å². The van der Waals surface area contributed by atoms with E-state index in [0.717, 1.165) is 11.8 Å². The van der Waals surface area contributed by atoms with E-state index < -0.39 is 29.3 Å². The molecule has 2 atom stereocenters. The van der Waals surface area contributed by atoms with Crippen molar-refractivity contribution in [1.29, 1.82) is 10.5 Å². The number of thioether (sulfide) groups is 1. The molecule has 1 aliphatic rings. The number of carbonyl (C=O) groups excluding carboxylic acids is 2. The molecular formula is C27H30F3N7O4S. The van der Waals surface area contributed by atoms with Crippen molar-refractivity contribution in [3.63, 3.8) is 0 Å². The zero-order valence-electron chi connectivity index (χ0n) is 22.8. The van der Waals surface area contributed by atoms with Gasteiger partial charge in [-0.15, -0.1) is 0 Å². The van der Waals surface area contributed by atoms with Gasteiger partial charge in [-0.2, -0.15) is 23.7 Å². The van der Waals surface area contributed by atoms with Crippen molar-refractivity contribution in [1.82, 2.24) is 10.3 Å². The number of benzene rings is 1. The third-order valence-corrected chi connectivity index (χ3v) is 7.47. The molecule has 2 amide bonds. The number of alkyl halides is 3. The third kappa shape index (κ3) is 8.83. The predicted molar refractivity (Wildman–Crippen MR) is 148 cm³/mol. The lowest BCUT2D eigenvalue weighted by molar-refractivity contribution is -0.192. The number of aromatic nitrogens is 1. The molecule has 0 bridgehead atoms. The number of anilines is 1. The molecule has 1 saturated heterocycles. The third-order valence-electron chi connectivity index (χ3n) is 6.21. The molecule has 0 saturated carbocycles. The number of nitrogens with two attached hydrogens (primary N) is 2. The lowest BCUT2D eigenvalue weighted by Gasteiger charge is -2.34. The van der Waals surface area contributed by atoms with Crippen LogP contribution < -0.4 is 21.7 Å². The minimum Gasteiger partial charge on any atom is -0.475 e. The molecule has 3 rings (SSSR count). The van der Waals surface area contributed by atoms with Crippen LogP contribution in [0.2, 0.25) is 0 Å². The second-order valence-electron chi connectivity index (χ2n) is 9.22. The number of aliphatic carboxylic acids is 1. The lowest BCUT2D eigenvalue weighted by atomic mass is 9.99. The number of hydrogen-bond acceptors (Lipinski definition) is 9. The Morgan fingerprint density at radius 3 is 2.14 bits per heavy atom. The number of halogens is 3. The van der Waals surface area contributed by atoms with Crippen LogP contribution in [0.5, 0.6) is 0 Å². The fourth-order valence-electron chi connectivity index (χ4n) is 4.10. The summed E-state index contributed by atoms with van der Waals surface area (Å²) >= 11 is 1.13. The number of nitrogens with one attached hydrogen (secondary N) is 1. The highest BCUT2D eigenvalue weighted by Gasteiger charge is 2.38. The van der Waals surface area contributed by atoms with Crippen LogP contribution in [-0.4, -0.2) is 59.2 Å². The molecule has 224 valence electrons. The summed E-state index contributed by atoms with van der Waals surface area (Å²) in [6.07, 6.45) is -3.28. The smallest absolute Gasteiger partial charge is 0.475 e. The maximum Gasteiger partial charge on any atom is 0.490 e. The van der Waals surface area contributed by atoms with E-state index in [1.54, 1.807) is 19.1 Å². The summed E-state index contributed by atoms with van der Waals surface area (Å²) in [7, 11) is 0. The van der Waals surface area contributed by atoms with Gasteiger partial charge in [-0.1, -0.05) is 49.0 Å². The van der Waals surface area contributed by atoms with E-state index >= 15 is 0 Å². The van der Waals surface area contributed by atoms with Crippen LogP contribution in [0.25, 0.3) is 0 Å². The zero-order valence-corrected chi connectivity index (χ0v) is 23.6. The minimum atomic E-state index is -5.08. The van der Waals surface area contributed by atoms with Crippen LogP contribution in [-0.2, 0) is 20.8 Å². The number of primary amides is 1. The first-order valence-electron chi connectivity index (χ1n) is 12.7. The van der Waals surface area contributed by atoms with E-state index in [2.05, 4.69) is 17.5 Å². The molecule has 1 fully saturated rings. The summed E-state index contributed by atoms with van der Waals surface area (Å²) in [6.45, 7) is 4.67. The summed E-state index contributed by atoms with van der Waals surface area (Å²) < 4.78 is 31.7. The van der Waals surface area contributed by atoms with Crippen LogP contribution in [0, 0.1) is 22.7 Å². The average molecular weight is 606 g/mol. The first-order valence-corrected chi connectivity index (χ1v) is 13.6. The standard InChI is InChI=1S/C25H29N7O2S.C2HF3O2/c1-3-18-19(13-26)23(32-11-9-17(10-12-32)30-24(34)15(2)28)31-25(20(18)14-27)35-21(22(29)33)16-7-5-4-6-8-16;3-2(4,5)1(6)7/h4-8,15,17,21H,3,9-12,28H2,1-2H3,(H2,29,33)(H,30,34);(H,6,7). The SMILES string of the molecule is CCc1c(C#N)c(SC(C(N)=O)c2ccccc2)nc(N2CCC(NC(=O)C(C)N)CC2)c1C#N.O=C(O)C(F)(F)F. The maximum atomic E-state index is 12.3. The second-order valence-corrected chi connectivity index (χ2v) is 10.3. The topological polar surface area (TPSA) is 199 Å². The van der Waals surface area contributed by atoms with Crippen LogP contribution >= 0.6 is 11.8 Å². The minimum absolute atomic E-state index is 0.00881. The first-order chi connectivity index (χ1) is 19.7. The number of hydrogen-bond donors (Lipinski definition) is 4. The van der Waals surface area contributed by atoms with Crippen molar-refractivity contribution in [2.45, 2.75) is 61.6 Å². The van der Waals surface area contributed by atoms with E-state index in [1.165, 1.54) is 0 Å². The second kappa shape index (κ2) is 15.0. The van der Waals surface area contributed by atoms with Gasteiger partial charge in [-0.05, 0) is 37.3 Å². The van der Waals surface area contributed by atoms with Crippen LogP contribution in [0.4, 0.5) is 19.0 Å². The Hall–Kier alpha value is -4.34. The van der Waals surface area contributed by atoms with Crippen LogP contribution in [0.15, 0.2) is 35.4 Å². The summed E-state index contributed by atoms with van der Waals surface area (Å²) in [5, 5.41) is 29.6. The highest BCUT2D eigenvalue weighted by atomic mass is 32.2. The van der Waals surface area contributed by atoms with E-state index in [1.807, 2.05) is 30.0 Å². The van der Waals surface area contributed by atoms with Crippen LogP contribution in [0.3, 0.4) is 0 Å². The maximum absolute atomic E-state index is 12.3. The number of nitrogens with zero attached hydrogens (tertiary/aromatic N) is 4. The number of rotatable bonds is 8. The number of carboxylic acid groups (broad SMARTS) is 1. The van der Waals surface area contributed by atoms with Gasteiger partial charge in [0.25, 0.3) is 0 Å². The largest absolute Gasteiger partial charge is 0.490 e. The van der Waals surface area contributed by atoms with Crippen molar-refractivity contribution < 1.29 is 32.7 Å². The van der Waals surface area contributed by atoms with Crippen molar-refractivity contribution in [3.05, 3.63) is 52.6 Å². The number of pyridine rings is 1. The number of piperidine rings is 1. The lowest BCUT2D eigenvalue weighted by Crippen LogP contribution is -2.49. The van der Waals surface area contributed by atoms with Gasteiger partial charge in [0, 0.05) is 19.1 Å². The molecule has 42 heavy (non-hydrogen) atoms. The molecule has 0 radical (unpaired) electrons. The Kier molecular flexibility index (Phi) is 12.1. The Labute approximate surface area is 244 Å². The summed E-state index contributed by atoms with van der Waals surface area (Å²) in [5.41, 5.74) is 13.3. The molecule has 6 N–H and O–H groups in total. The normalized spacial score (nSPS) is 14.8. The number of carbonyl (C=O) groups is 3. The van der Waals surface area contributed by atoms with Crippen molar-refractivity contribution in [2.24, 2.45) is 11.5 Å². The Bertz CT molecular complexity index is 1370. The molecular weight excluding hydrogens is 575 g/mol. The van der Waals surface area contributed by atoms with Gasteiger partial charge in [0.1, 0.15) is 28.2 Å². The Morgan fingerprint density at radius 1 is 1.17 bits per heavy atom. The fraction of sp³-hybridized carbons (Fsp3) is 0.407. The predicted octanol–water partition coefficient (Wildman–Crippen LogP) is 2.77. The van der Waals surface area contributed by atoms with E-state index in [-0.39, 0.29) is 11.9 Å². The molecule has 2 aromatic rings. The molecule has 0 spiro atoms. The van der Waals surface area contributed by atoms with Crippen molar-refractivity contribution in [2.75, 3.05) is 18.0 Å². The molecule has 2 unspecified atom stereocenters. The van der Waals surface area contributed by atoms with Gasteiger partial charge >= 0.3 is 12.1 Å². The average Bonchev–Trinajstić information content (AvgIpc) is 2.95. The molecule has 1 aromatic carbocycles. The molecule has 1 aliphatic heterocycles. The Morgan fingerprint density at radius 2 is 1.71 bits per heavy atom. The molecule has 1 aromatic heterocycles. The van der Waals surface area contributed by atoms with Gasteiger partial charge < -0.3 is 26.8 Å². The number of carboxylic acids is 1. The van der Waals surface area contributed by atoms with Gasteiger partial charge in [0.05, 0.1) is 17.2 Å². The fourth-order valence-corrected chi connectivity index (χ4v) is 5.15. The highest BCUT2D eigenvalue weighted by molar-refractivity contribution is 8.00. The van der Waals surface area contributed by atoms with Gasteiger partial charge in [-0.25, -0.2) is 9.78 Å². The zero-order chi connectivity index (χ0) is 31.6. The monoisotopic (exact) mass is 605 g/mol.